The van der Waals surface area contributed by atoms with E-state index in [4.69, 9.17) is 15.0 Å². The molecule has 1 fully saturated rings. The van der Waals surface area contributed by atoms with Crippen molar-refractivity contribution < 1.29 is 9.26 Å². The maximum absolute atomic E-state index is 5.77. The van der Waals surface area contributed by atoms with Gasteiger partial charge in [-0.15, -0.1) is 0 Å². The second-order valence-corrected chi connectivity index (χ2v) is 2.92. The van der Waals surface area contributed by atoms with Gasteiger partial charge in [-0.1, -0.05) is 5.16 Å². The van der Waals surface area contributed by atoms with Gasteiger partial charge in [0.05, 0.1) is 0 Å². The van der Waals surface area contributed by atoms with Gasteiger partial charge in [-0.25, -0.2) is 0 Å². The summed E-state index contributed by atoms with van der Waals surface area (Å²) in [5, 5.41) is 3.67. The van der Waals surface area contributed by atoms with Crippen LogP contribution >= 0.6 is 0 Å². The van der Waals surface area contributed by atoms with Crippen molar-refractivity contribution in [3.05, 3.63) is 11.7 Å². The average molecular weight is 169 g/mol. The minimum absolute atomic E-state index is 0.00940. The Balaban J connectivity index is 2.19. The van der Waals surface area contributed by atoms with Crippen LogP contribution in [-0.2, 0) is 4.74 Å². The number of ether oxygens (including phenoxy) is 1. The SMILES string of the molecule is Cc1noc([C@H]2OCC[C@H]2N)n1. The molecule has 66 valence electrons. The molecule has 0 bridgehead atoms. The molecule has 1 aromatic rings. The van der Waals surface area contributed by atoms with Crippen molar-refractivity contribution in [1.29, 1.82) is 0 Å². The summed E-state index contributed by atoms with van der Waals surface area (Å²) >= 11 is 0. The third kappa shape index (κ3) is 1.21. The summed E-state index contributed by atoms with van der Waals surface area (Å²) in [5.74, 6) is 1.12. The van der Waals surface area contributed by atoms with Crippen molar-refractivity contribution in [2.24, 2.45) is 5.73 Å². The second-order valence-electron chi connectivity index (χ2n) is 2.92. The van der Waals surface area contributed by atoms with E-state index in [2.05, 4.69) is 10.1 Å². The maximum atomic E-state index is 5.77. The first kappa shape index (κ1) is 7.70. The van der Waals surface area contributed by atoms with Crippen LogP contribution in [0.1, 0.15) is 24.2 Å². The summed E-state index contributed by atoms with van der Waals surface area (Å²) in [6, 6.07) is -0.00940. The number of nitrogens with two attached hydrogens (primary N) is 1. The molecule has 0 saturated carbocycles. The van der Waals surface area contributed by atoms with Crippen molar-refractivity contribution in [3.63, 3.8) is 0 Å². The first-order valence-electron chi connectivity index (χ1n) is 3.95. The van der Waals surface area contributed by atoms with Gasteiger partial charge >= 0.3 is 0 Å². The van der Waals surface area contributed by atoms with Gasteiger partial charge < -0.3 is 15.0 Å². The monoisotopic (exact) mass is 169 g/mol. The van der Waals surface area contributed by atoms with Crippen LogP contribution in [0.15, 0.2) is 4.52 Å². The van der Waals surface area contributed by atoms with E-state index in [1.165, 1.54) is 0 Å². The third-order valence-electron chi connectivity index (χ3n) is 1.92. The summed E-state index contributed by atoms with van der Waals surface area (Å²) < 4.78 is 10.3. The van der Waals surface area contributed by atoms with E-state index in [1.807, 2.05) is 0 Å². The Labute approximate surface area is 69.9 Å². The fraction of sp³-hybridized carbons (Fsp3) is 0.714. The predicted molar refractivity (Wildman–Crippen MR) is 40.3 cm³/mol. The van der Waals surface area contributed by atoms with E-state index in [-0.39, 0.29) is 12.1 Å². The van der Waals surface area contributed by atoms with Crippen LogP contribution in [0.25, 0.3) is 0 Å². The summed E-state index contributed by atoms with van der Waals surface area (Å²) in [6.07, 6.45) is 0.651. The molecule has 0 aliphatic carbocycles. The quantitative estimate of drug-likeness (QED) is 0.648. The zero-order chi connectivity index (χ0) is 8.55. The summed E-state index contributed by atoms with van der Waals surface area (Å²) in [6.45, 7) is 2.45. The maximum Gasteiger partial charge on any atom is 0.257 e. The Hall–Kier alpha value is -0.940. The van der Waals surface area contributed by atoms with Crippen LogP contribution in [0.2, 0.25) is 0 Å². The molecule has 5 nitrogen and oxygen atoms in total. The highest BCUT2D eigenvalue weighted by Crippen LogP contribution is 2.25. The van der Waals surface area contributed by atoms with E-state index in [1.54, 1.807) is 6.92 Å². The van der Waals surface area contributed by atoms with Crippen molar-refractivity contribution in [2.45, 2.75) is 25.5 Å². The Kier molecular flexibility index (Phi) is 1.82. The molecule has 2 N–H and O–H groups in total. The minimum atomic E-state index is -0.203. The Bertz CT molecular complexity index is 273. The van der Waals surface area contributed by atoms with Gasteiger partial charge in [-0.05, 0) is 13.3 Å². The van der Waals surface area contributed by atoms with Crippen molar-refractivity contribution in [3.8, 4) is 0 Å². The zero-order valence-electron chi connectivity index (χ0n) is 6.86. The Morgan fingerprint density at radius 3 is 2.92 bits per heavy atom. The molecule has 2 atom stereocenters. The van der Waals surface area contributed by atoms with E-state index in [9.17, 15) is 0 Å². The Morgan fingerprint density at radius 2 is 2.42 bits per heavy atom. The third-order valence-corrected chi connectivity index (χ3v) is 1.92. The topological polar surface area (TPSA) is 74.2 Å². The number of aromatic nitrogens is 2. The molecule has 2 rings (SSSR count). The molecule has 12 heavy (non-hydrogen) atoms. The van der Waals surface area contributed by atoms with E-state index in [0.29, 0.717) is 18.3 Å². The predicted octanol–water partition coefficient (Wildman–Crippen LogP) is 0.167. The molecule has 1 saturated heterocycles. The smallest absolute Gasteiger partial charge is 0.257 e. The van der Waals surface area contributed by atoms with E-state index < -0.39 is 0 Å². The van der Waals surface area contributed by atoms with Gasteiger partial charge in [0.25, 0.3) is 5.89 Å². The summed E-state index contributed by atoms with van der Waals surface area (Å²) in [4.78, 5) is 4.06. The summed E-state index contributed by atoms with van der Waals surface area (Å²) in [7, 11) is 0. The van der Waals surface area contributed by atoms with E-state index in [0.717, 1.165) is 6.42 Å². The first-order valence-corrected chi connectivity index (χ1v) is 3.95. The standard InChI is InChI=1S/C7H11N3O2/c1-4-9-7(12-10-4)6-5(8)2-3-11-6/h5-6H,2-3,8H2,1H3/t5-,6+/m1/s1. The lowest BCUT2D eigenvalue weighted by atomic mass is 10.1. The van der Waals surface area contributed by atoms with Crippen molar-refractivity contribution in [2.75, 3.05) is 6.61 Å². The van der Waals surface area contributed by atoms with Gasteiger partial charge in [0.1, 0.15) is 0 Å². The molecule has 0 unspecified atom stereocenters. The van der Waals surface area contributed by atoms with Crippen LogP contribution in [0.4, 0.5) is 0 Å². The molecular weight excluding hydrogens is 158 g/mol. The van der Waals surface area contributed by atoms with Crippen LogP contribution < -0.4 is 5.73 Å². The molecule has 0 radical (unpaired) electrons. The first-order chi connectivity index (χ1) is 5.77. The van der Waals surface area contributed by atoms with Gasteiger partial charge in [0.15, 0.2) is 11.9 Å². The van der Waals surface area contributed by atoms with Crippen molar-refractivity contribution >= 4 is 0 Å². The molecule has 1 aromatic heterocycles. The van der Waals surface area contributed by atoms with Gasteiger partial charge in [0.2, 0.25) is 0 Å². The molecule has 0 amide bonds. The number of aryl methyl sites for hydroxylation is 1. The normalized spacial score (nSPS) is 29.5. The molecular formula is C7H11N3O2. The molecule has 1 aliphatic heterocycles. The van der Waals surface area contributed by atoms with Crippen LogP contribution in [0.5, 0.6) is 0 Å². The number of hydrogen-bond acceptors (Lipinski definition) is 5. The van der Waals surface area contributed by atoms with Crippen LogP contribution in [0, 0.1) is 6.92 Å². The highest BCUT2D eigenvalue weighted by atomic mass is 16.5. The molecule has 2 heterocycles. The van der Waals surface area contributed by atoms with Crippen LogP contribution in [-0.4, -0.2) is 22.8 Å². The Morgan fingerprint density at radius 1 is 1.58 bits per heavy atom. The number of nitrogens with zero attached hydrogens (tertiary/aromatic N) is 2. The highest BCUT2D eigenvalue weighted by molar-refractivity contribution is 4.95. The minimum Gasteiger partial charge on any atom is -0.367 e. The number of rotatable bonds is 1. The van der Waals surface area contributed by atoms with E-state index >= 15 is 0 Å². The highest BCUT2D eigenvalue weighted by Gasteiger charge is 2.30. The fourth-order valence-electron chi connectivity index (χ4n) is 1.29. The second kappa shape index (κ2) is 2.84. The number of hydrogen-bond donors (Lipinski definition) is 1. The van der Waals surface area contributed by atoms with Crippen molar-refractivity contribution in [1.82, 2.24) is 10.1 Å². The molecule has 5 heteroatoms. The molecule has 0 aromatic carbocycles. The zero-order valence-corrected chi connectivity index (χ0v) is 6.86. The lowest BCUT2D eigenvalue weighted by Gasteiger charge is -2.07. The summed E-state index contributed by atoms with van der Waals surface area (Å²) in [5.41, 5.74) is 5.77. The lowest BCUT2D eigenvalue weighted by Crippen LogP contribution is -2.23. The lowest BCUT2D eigenvalue weighted by molar-refractivity contribution is 0.0767. The fourth-order valence-corrected chi connectivity index (χ4v) is 1.29. The average Bonchev–Trinajstić information content (AvgIpc) is 2.58. The molecule has 1 aliphatic rings. The van der Waals surface area contributed by atoms with Gasteiger partial charge in [-0.2, -0.15) is 4.98 Å². The van der Waals surface area contributed by atoms with Gasteiger partial charge in [-0.3, -0.25) is 0 Å². The van der Waals surface area contributed by atoms with Crippen LogP contribution in [0.3, 0.4) is 0 Å². The molecule has 0 spiro atoms. The van der Waals surface area contributed by atoms with Gasteiger partial charge in [0, 0.05) is 12.6 Å². The largest absolute Gasteiger partial charge is 0.367 e.